The fourth-order valence-corrected chi connectivity index (χ4v) is 1.90. The van der Waals surface area contributed by atoms with Gasteiger partial charge in [-0.25, -0.2) is 0 Å². The third-order valence-electron chi connectivity index (χ3n) is 2.63. The van der Waals surface area contributed by atoms with Gasteiger partial charge in [0.25, 0.3) is 0 Å². The number of carbonyl (C=O) groups excluding carboxylic acids is 1. The molecule has 2 aromatic rings. The Kier molecular flexibility index (Phi) is 4.43. The van der Waals surface area contributed by atoms with E-state index in [1.165, 1.54) is 0 Å². The molecule has 2 aromatic carbocycles. The van der Waals surface area contributed by atoms with Crippen LogP contribution < -0.4 is 11.1 Å². The van der Waals surface area contributed by atoms with E-state index in [9.17, 15) is 4.79 Å². The van der Waals surface area contributed by atoms with E-state index in [1.54, 1.807) is 30.3 Å². The summed E-state index contributed by atoms with van der Waals surface area (Å²) in [4.78, 5) is 12.0. The number of rotatable bonds is 3. The fraction of sp³-hybridized carbons (Fsp3) is 0.0714. The van der Waals surface area contributed by atoms with Gasteiger partial charge in [-0.05, 0) is 23.8 Å². The van der Waals surface area contributed by atoms with Gasteiger partial charge >= 0.3 is 0 Å². The Morgan fingerprint density at radius 2 is 1.74 bits per heavy atom. The van der Waals surface area contributed by atoms with Gasteiger partial charge in [0.2, 0.25) is 5.91 Å². The molecule has 0 saturated heterocycles. The lowest BCUT2D eigenvalue weighted by molar-refractivity contribution is -0.117. The van der Waals surface area contributed by atoms with Crippen molar-refractivity contribution in [3.05, 3.63) is 64.1 Å². The molecule has 1 amide bonds. The number of carbonyl (C=O) groups is 1. The molecule has 5 heteroatoms. The van der Waals surface area contributed by atoms with Gasteiger partial charge in [-0.2, -0.15) is 0 Å². The molecule has 0 bridgehead atoms. The number of hydrogen-bond acceptors (Lipinski definition) is 2. The van der Waals surface area contributed by atoms with E-state index in [4.69, 9.17) is 28.9 Å². The maximum atomic E-state index is 12.0. The molecule has 3 nitrogen and oxygen atoms in total. The highest BCUT2D eigenvalue weighted by Crippen LogP contribution is 2.25. The molecule has 0 saturated carbocycles. The lowest BCUT2D eigenvalue weighted by Crippen LogP contribution is -2.27. The first-order chi connectivity index (χ1) is 9.08. The second kappa shape index (κ2) is 6.06. The Balaban J connectivity index is 2.10. The molecule has 0 fully saturated rings. The standard InChI is InChI=1S/C14H12Cl2N2O/c15-11-7-6-10(8-12(11)16)18-14(19)13(17)9-4-2-1-3-5-9/h1-8,13H,17H2,(H,18,19). The van der Waals surface area contributed by atoms with E-state index in [2.05, 4.69) is 5.32 Å². The van der Waals surface area contributed by atoms with E-state index < -0.39 is 6.04 Å². The summed E-state index contributed by atoms with van der Waals surface area (Å²) in [6, 6.07) is 13.3. The van der Waals surface area contributed by atoms with Crippen molar-refractivity contribution in [2.24, 2.45) is 5.73 Å². The third-order valence-corrected chi connectivity index (χ3v) is 3.37. The van der Waals surface area contributed by atoms with Gasteiger partial charge in [0.15, 0.2) is 0 Å². The summed E-state index contributed by atoms with van der Waals surface area (Å²) in [6.45, 7) is 0. The van der Waals surface area contributed by atoms with Crippen LogP contribution in [0.3, 0.4) is 0 Å². The smallest absolute Gasteiger partial charge is 0.245 e. The molecule has 0 spiro atoms. The van der Waals surface area contributed by atoms with Gasteiger partial charge in [0, 0.05) is 5.69 Å². The van der Waals surface area contributed by atoms with E-state index in [-0.39, 0.29) is 5.91 Å². The number of anilines is 1. The Morgan fingerprint density at radius 1 is 1.05 bits per heavy atom. The zero-order valence-electron chi connectivity index (χ0n) is 9.94. The van der Waals surface area contributed by atoms with Gasteiger partial charge in [-0.1, -0.05) is 53.5 Å². The summed E-state index contributed by atoms with van der Waals surface area (Å²) in [5.74, 6) is -0.301. The second-order valence-electron chi connectivity index (χ2n) is 4.01. The van der Waals surface area contributed by atoms with Gasteiger partial charge in [-0.3, -0.25) is 4.79 Å². The van der Waals surface area contributed by atoms with Crippen LogP contribution in [0.2, 0.25) is 10.0 Å². The van der Waals surface area contributed by atoms with Gasteiger partial charge in [-0.15, -0.1) is 0 Å². The highest BCUT2D eigenvalue weighted by molar-refractivity contribution is 6.42. The summed E-state index contributed by atoms with van der Waals surface area (Å²) in [7, 11) is 0. The molecular weight excluding hydrogens is 283 g/mol. The van der Waals surface area contributed by atoms with Crippen LogP contribution in [0.25, 0.3) is 0 Å². The van der Waals surface area contributed by atoms with Gasteiger partial charge in [0.1, 0.15) is 6.04 Å². The van der Waals surface area contributed by atoms with Crippen molar-refractivity contribution in [1.82, 2.24) is 0 Å². The van der Waals surface area contributed by atoms with E-state index >= 15 is 0 Å². The average molecular weight is 295 g/mol. The lowest BCUT2D eigenvalue weighted by Gasteiger charge is -2.12. The maximum absolute atomic E-state index is 12.0. The molecule has 98 valence electrons. The Labute approximate surface area is 121 Å². The van der Waals surface area contributed by atoms with Crippen molar-refractivity contribution in [2.45, 2.75) is 6.04 Å². The highest BCUT2D eigenvalue weighted by Gasteiger charge is 2.15. The number of benzene rings is 2. The normalized spacial score (nSPS) is 11.9. The van der Waals surface area contributed by atoms with Crippen LogP contribution in [-0.4, -0.2) is 5.91 Å². The molecule has 0 radical (unpaired) electrons. The molecule has 0 aliphatic heterocycles. The molecule has 0 aromatic heterocycles. The van der Waals surface area contributed by atoms with Crippen LogP contribution in [0.15, 0.2) is 48.5 Å². The van der Waals surface area contributed by atoms with E-state index in [1.807, 2.05) is 18.2 Å². The van der Waals surface area contributed by atoms with Crippen LogP contribution >= 0.6 is 23.2 Å². The zero-order chi connectivity index (χ0) is 13.8. The molecule has 0 aliphatic carbocycles. The van der Waals surface area contributed by atoms with Crippen LogP contribution in [0.4, 0.5) is 5.69 Å². The van der Waals surface area contributed by atoms with Crippen molar-refractivity contribution in [3.63, 3.8) is 0 Å². The number of amides is 1. The monoisotopic (exact) mass is 294 g/mol. The van der Waals surface area contributed by atoms with Crippen molar-refractivity contribution >= 4 is 34.8 Å². The fourth-order valence-electron chi connectivity index (χ4n) is 1.61. The van der Waals surface area contributed by atoms with Crippen LogP contribution in [0, 0.1) is 0 Å². The molecule has 2 rings (SSSR count). The van der Waals surface area contributed by atoms with Gasteiger partial charge < -0.3 is 11.1 Å². The number of hydrogen-bond donors (Lipinski definition) is 2. The Hall–Kier alpha value is -1.55. The van der Waals surface area contributed by atoms with Gasteiger partial charge in [0.05, 0.1) is 10.0 Å². The molecule has 3 N–H and O–H groups in total. The van der Waals surface area contributed by atoms with Crippen molar-refractivity contribution in [1.29, 1.82) is 0 Å². The minimum absolute atomic E-state index is 0.301. The number of halogens is 2. The largest absolute Gasteiger partial charge is 0.324 e. The summed E-state index contributed by atoms with van der Waals surface area (Å²) < 4.78 is 0. The first kappa shape index (κ1) is 13.9. The quantitative estimate of drug-likeness (QED) is 0.908. The van der Waals surface area contributed by atoms with Crippen LogP contribution in [-0.2, 0) is 4.79 Å². The minimum Gasteiger partial charge on any atom is -0.324 e. The molecule has 19 heavy (non-hydrogen) atoms. The Morgan fingerprint density at radius 3 is 2.37 bits per heavy atom. The SMILES string of the molecule is NC(C(=O)Nc1ccc(Cl)c(Cl)c1)c1ccccc1. The molecule has 1 atom stereocenters. The van der Waals surface area contributed by atoms with Crippen molar-refractivity contribution in [2.75, 3.05) is 5.32 Å². The zero-order valence-corrected chi connectivity index (χ0v) is 11.4. The summed E-state index contributed by atoms with van der Waals surface area (Å²) in [5.41, 5.74) is 7.19. The highest BCUT2D eigenvalue weighted by atomic mass is 35.5. The summed E-state index contributed by atoms with van der Waals surface area (Å²) in [5, 5.41) is 3.52. The molecular formula is C14H12Cl2N2O. The first-order valence-electron chi connectivity index (χ1n) is 5.64. The lowest BCUT2D eigenvalue weighted by atomic mass is 10.1. The van der Waals surface area contributed by atoms with Crippen molar-refractivity contribution in [3.8, 4) is 0 Å². The summed E-state index contributed by atoms with van der Waals surface area (Å²) in [6.07, 6.45) is 0. The Bertz CT molecular complexity index is 587. The minimum atomic E-state index is -0.726. The maximum Gasteiger partial charge on any atom is 0.245 e. The number of nitrogens with one attached hydrogen (secondary N) is 1. The van der Waals surface area contributed by atoms with Crippen LogP contribution in [0.5, 0.6) is 0 Å². The molecule has 0 aliphatic rings. The predicted octanol–water partition coefficient (Wildman–Crippen LogP) is 3.63. The predicted molar refractivity (Wildman–Crippen MR) is 78.5 cm³/mol. The first-order valence-corrected chi connectivity index (χ1v) is 6.40. The summed E-state index contributed by atoms with van der Waals surface area (Å²) >= 11 is 11.7. The third kappa shape index (κ3) is 3.47. The van der Waals surface area contributed by atoms with E-state index in [0.717, 1.165) is 5.56 Å². The molecule has 1 unspecified atom stereocenters. The topological polar surface area (TPSA) is 55.1 Å². The average Bonchev–Trinajstić information content (AvgIpc) is 2.43. The van der Waals surface area contributed by atoms with Crippen LogP contribution in [0.1, 0.15) is 11.6 Å². The molecule has 0 heterocycles. The number of nitrogens with two attached hydrogens (primary N) is 1. The van der Waals surface area contributed by atoms with Crippen molar-refractivity contribution < 1.29 is 4.79 Å². The van der Waals surface area contributed by atoms with E-state index in [0.29, 0.717) is 15.7 Å². The second-order valence-corrected chi connectivity index (χ2v) is 4.82.